The lowest BCUT2D eigenvalue weighted by Gasteiger charge is -2.04. The van der Waals surface area contributed by atoms with Gasteiger partial charge in [-0.15, -0.1) is 0 Å². The third-order valence-corrected chi connectivity index (χ3v) is 2.15. The van der Waals surface area contributed by atoms with Crippen molar-refractivity contribution in [2.75, 3.05) is 0 Å². The zero-order chi connectivity index (χ0) is 9.14. The summed E-state index contributed by atoms with van der Waals surface area (Å²) in [5.41, 5.74) is 3.22. The van der Waals surface area contributed by atoms with Gasteiger partial charge in [-0.1, -0.05) is 36.9 Å². The molecule has 0 heterocycles. The molecule has 0 fully saturated rings. The Morgan fingerprint density at radius 1 is 1.17 bits per heavy atom. The van der Waals surface area contributed by atoms with E-state index in [-0.39, 0.29) is 0 Å². The lowest BCUT2D eigenvalue weighted by atomic mass is 10.1. The second kappa shape index (κ2) is 3.59. The summed E-state index contributed by atoms with van der Waals surface area (Å²) in [6.07, 6.45) is 3.55. The van der Waals surface area contributed by atoms with Crippen LogP contribution in [0.15, 0.2) is 25.3 Å². The van der Waals surface area contributed by atoms with E-state index < -0.39 is 0 Å². The van der Waals surface area contributed by atoms with Crippen LogP contribution in [0.4, 0.5) is 0 Å². The average Bonchev–Trinajstić information content (AvgIpc) is 2.08. The zero-order valence-electron chi connectivity index (χ0n) is 7.10. The van der Waals surface area contributed by atoms with Crippen LogP contribution >= 0.6 is 11.6 Å². The largest absolute Gasteiger partial charge is 0.0985 e. The first kappa shape index (κ1) is 9.08. The SMILES string of the molecule is C=Cc1cc(Cl)c(C=C)cc1C. The first-order valence-corrected chi connectivity index (χ1v) is 4.12. The normalized spacial score (nSPS) is 9.50. The van der Waals surface area contributed by atoms with Gasteiger partial charge in [0, 0.05) is 5.02 Å². The van der Waals surface area contributed by atoms with Gasteiger partial charge in [0.1, 0.15) is 0 Å². The molecule has 1 rings (SSSR count). The van der Waals surface area contributed by atoms with Crippen LogP contribution in [-0.2, 0) is 0 Å². The van der Waals surface area contributed by atoms with Crippen LogP contribution in [-0.4, -0.2) is 0 Å². The number of benzene rings is 1. The van der Waals surface area contributed by atoms with Crippen LogP contribution in [0.5, 0.6) is 0 Å². The fourth-order valence-electron chi connectivity index (χ4n) is 1.10. The molecule has 62 valence electrons. The summed E-state index contributed by atoms with van der Waals surface area (Å²) in [5.74, 6) is 0. The van der Waals surface area contributed by atoms with Crippen LogP contribution in [0.2, 0.25) is 5.02 Å². The van der Waals surface area contributed by atoms with Gasteiger partial charge in [0.05, 0.1) is 0 Å². The minimum Gasteiger partial charge on any atom is -0.0985 e. The molecule has 0 saturated heterocycles. The first-order chi connectivity index (χ1) is 5.69. The Labute approximate surface area is 78.2 Å². The van der Waals surface area contributed by atoms with Crippen molar-refractivity contribution in [3.05, 3.63) is 47.0 Å². The van der Waals surface area contributed by atoms with Crippen molar-refractivity contribution >= 4 is 23.8 Å². The van der Waals surface area contributed by atoms with Crippen molar-refractivity contribution < 1.29 is 0 Å². The summed E-state index contributed by atoms with van der Waals surface area (Å²) in [7, 11) is 0. The van der Waals surface area contributed by atoms with Crippen LogP contribution in [0.1, 0.15) is 16.7 Å². The van der Waals surface area contributed by atoms with Crippen molar-refractivity contribution in [1.29, 1.82) is 0 Å². The molecule has 0 spiro atoms. The fourth-order valence-corrected chi connectivity index (χ4v) is 1.34. The molecule has 0 aliphatic carbocycles. The molecule has 0 aliphatic heterocycles. The number of rotatable bonds is 2. The summed E-state index contributed by atoms with van der Waals surface area (Å²) in [5, 5.41) is 0.727. The van der Waals surface area contributed by atoms with Gasteiger partial charge in [-0.2, -0.15) is 0 Å². The van der Waals surface area contributed by atoms with E-state index in [4.69, 9.17) is 11.6 Å². The molecule has 0 unspecified atom stereocenters. The molecule has 0 aliphatic rings. The van der Waals surface area contributed by atoms with Gasteiger partial charge in [-0.25, -0.2) is 0 Å². The monoisotopic (exact) mass is 178 g/mol. The van der Waals surface area contributed by atoms with Gasteiger partial charge in [0.2, 0.25) is 0 Å². The number of hydrogen-bond acceptors (Lipinski definition) is 0. The van der Waals surface area contributed by atoms with E-state index in [1.807, 2.05) is 19.1 Å². The van der Waals surface area contributed by atoms with E-state index >= 15 is 0 Å². The lowest BCUT2D eigenvalue weighted by Crippen LogP contribution is -1.83. The van der Waals surface area contributed by atoms with Crippen molar-refractivity contribution in [2.45, 2.75) is 6.92 Å². The molecule has 0 bridgehead atoms. The molecule has 0 saturated carbocycles. The van der Waals surface area contributed by atoms with Gasteiger partial charge in [-0.05, 0) is 35.7 Å². The number of halogens is 1. The second-order valence-corrected chi connectivity index (χ2v) is 3.05. The smallest absolute Gasteiger partial charge is 0.0484 e. The Bertz CT molecular complexity index is 290. The highest BCUT2D eigenvalue weighted by atomic mass is 35.5. The highest BCUT2D eigenvalue weighted by molar-refractivity contribution is 6.32. The predicted octanol–water partition coefficient (Wildman–Crippen LogP) is 3.93. The summed E-state index contributed by atoms with van der Waals surface area (Å²) < 4.78 is 0. The zero-order valence-corrected chi connectivity index (χ0v) is 7.86. The molecule has 0 aromatic heterocycles. The van der Waals surface area contributed by atoms with Crippen molar-refractivity contribution in [1.82, 2.24) is 0 Å². The molecular formula is C11H11Cl. The Kier molecular flexibility index (Phi) is 2.72. The van der Waals surface area contributed by atoms with Crippen molar-refractivity contribution in [2.24, 2.45) is 0 Å². The third kappa shape index (κ3) is 1.59. The van der Waals surface area contributed by atoms with Crippen molar-refractivity contribution in [3.8, 4) is 0 Å². The summed E-state index contributed by atoms with van der Waals surface area (Å²) >= 11 is 5.96. The van der Waals surface area contributed by atoms with Crippen LogP contribution < -0.4 is 0 Å². The maximum absolute atomic E-state index is 5.96. The molecule has 1 aromatic carbocycles. The molecule has 0 radical (unpaired) electrons. The molecule has 1 aromatic rings. The topological polar surface area (TPSA) is 0 Å². The van der Waals surface area contributed by atoms with Gasteiger partial charge >= 0.3 is 0 Å². The van der Waals surface area contributed by atoms with E-state index in [1.165, 1.54) is 5.56 Å². The Hall–Kier alpha value is -1.01. The predicted molar refractivity (Wildman–Crippen MR) is 56.4 cm³/mol. The molecule has 0 atom stereocenters. The quantitative estimate of drug-likeness (QED) is 0.644. The molecule has 0 nitrogen and oxygen atoms in total. The van der Waals surface area contributed by atoms with E-state index in [2.05, 4.69) is 13.2 Å². The summed E-state index contributed by atoms with van der Waals surface area (Å²) in [6.45, 7) is 9.41. The Morgan fingerprint density at radius 2 is 1.75 bits per heavy atom. The first-order valence-electron chi connectivity index (χ1n) is 3.74. The number of hydrogen-bond donors (Lipinski definition) is 0. The summed E-state index contributed by atoms with van der Waals surface area (Å²) in [6, 6.07) is 3.91. The molecule has 0 N–H and O–H groups in total. The lowest BCUT2D eigenvalue weighted by molar-refractivity contribution is 1.43. The minimum atomic E-state index is 0.727. The van der Waals surface area contributed by atoms with Gasteiger partial charge < -0.3 is 0 Å². The third-order valence-electron chi connectivity index (χ3n) is 1.83. The van der Waals surface area contributed by atoms with E-state index in [9.17, 15) is 0 Å². The molecule has 0 amide bonds. The number of aryl methyl sites for hydroxylation is 1. The summed E-state index contributed by atoms with van der Waals surface area (Å²) in [4.78, 5) is 0. The van der Waals surface area contributed by atoms with E-state index in [0.717, 1.165) is 16.1 Å². The standard InChI is InChI=1S/C11H11Cl/c1-4-9-7-11(12)10(5-2)6-8(9)3/h4-7H,1-2H2,3H3. The molecule has 1 heteroatoms. The maximum Gasteiger partial charge on any atom is 0.0484 e. The van der Waals surface area contributed by atoms with E-state index in [1.54, 1.807) is 12.2 Å². The van der Waals surface area contributed by atoms with Crippen LogP contribution in [0, 0.1) is 6.92 Å². The average molecular weight is 179 g/mol. The highest BCUT2D eigenvalue weighted by Crippen LogP contribution is 2.22. The Morgan fingerprint density at radius 3 is 2.25 bits per heavy atom. The second-order valence-electron chi connectivity index (χ2n) is 2.64. The minimum absolute atomic E-state index is 0.727. The van der Waals surface area contributed by atoms with Crippen LogP contribution in [0.3, 0.4) is 0 Å². The van der Waals surface area contributed by atoms with E-state index in [0.29, 0.717) is 0 Å². The van der Waals surface area contributed by atoms with Gasteiger partial charge in [-0.3, -0.25) is 0 Å². The van der Waals surface area contributed by atoms with Crippen molar-refractivity contribution in [3.63, 3.8) is 0 Å². The van der Waals surface area contributed by atoms with Gasteiger partial charge in [0.25, 0.3) is 0 Å². The molecular weight excluding hydrogens is 168 g/mol. The molecule has 12 heavy (non-hydrogen) atoms. The fraction of sp³-hybridized carbons (Fsp3) is 0.0909. The van der Waals surface area contributed by atoms with Gasteiger partial charge in [0.15, 0.2) is 0 Å². The maximum atomic E-state index is 5.96. The highest BCUT2D eigenvalue weighted by Gasteiger charge is 2.00. The Balaban J connectivity index is 3.34. The van der Waals surface area contributed by atoms with Crippen LogP contribution in [0.25, 0.3) is 12.2 Å².